The quantitative estimate of drug-likeness (QED) is 0.681. The van der Waals surface area contributed by atoms with Crippen molar-refractivity contribution in [1.29, 1.82) is 0 Å². The third kappa shape index (κ3) is 1.64. The van der Waals surface area contributed by atoms with Gasteiger partial charge in [-0.2, -0.15) is 0 Å². The van der Waals surface area contributed by atoms with Crippen LogP contribution in [0.4, 0.5) is 10.1 Å². The lowest BCUT2D eigenvalue weighted by Gasteiger charge is -2.31. The van der Waals surface area contributed by atoms with Crippen molar-refractivity contribution < 1.29 is 13.9 Å². The van der Waals surface area contributed by atoms with Gasteiger partial charge < -0.3 is 9.64 Å². The van der Waals surface area contributed by atoms with Crippen LogP contribution in [-0.4, -0.2) is 26.7 Å². The third-order valence-corrected chi connectivity index (χ3v) is 3.01. The number of fused-ring (bicyclic) bond motifs is 1. The summed E-state index contributed by atoms with van der Waals surface area (Å²) in [6.07, 6.45) is 0.666. The van der Waals surface area contributed by atoms with E-state index in [1.54, 1.807) is 12.1 Å². The molecule has 16 heavy (non-hydrogen) atoms. The number of benzene rings is 1. The first kappa shape index (κ1) is 10.9. The molecule has 0 saturated heterocycles. The Morgan fingerprint density at radius 3 is 3.00 bits per heavy atom. The number of methoxy groups -OCH3 is 1. The Hall–Kier alpha value is -1.58. The smallest absolute Gasteiger partial charge is 0.313 e. The van der Waals surface area contributed by atoms with E-state index in [2.05, 4.69) is 0 Å². The summed E-state index contributed by atoms with van der Waals surface area (Å²) in [6, 6.07) is 4.83. The highest BCUT2D eigenvalue weighted by Gasteiger charge is 2.31. The van der Waals surface area contributed by atoms with Crippen LogP contribution in [0.25, 0.3) is 0 Å². The van der Waals surface area contributed by atoms with Gasteiger partial charge in [0.25, 0.3) is 0 Å². The molecular formula is C12H14FNO2. The van der Waals surface area contributed by atoms with Crippen LogP contribution >= 0.6 is 0 Å². The highest BCUT2D eigenvalue weighted by molar-refractivity contribution is 5.82. The highest BCUT2D eigenvalue weighted by atomic mass is 19.1. The van der Waals surface area contributed by atoms with Gasteiger partial charge in [-0.05, 0) is 18.1 Å². The van der Waals surface area contributed by atoms with E-state index in [1.165, 1.54) is 13.2 Å². The molecule has 3 nitrogen and oxygen atoms in total. The van der Waals surface area contributed by atoms with Gasteiger partial charge in [0, 0.05) is 13.6 Å². The number of esters is 1. The van der Waals surface area contributed by atoms with Gasteiger partial charge in [-0.25, -0.2) is 4.39 Å². The molecule has 86 valence electrons. The number of hydrogen-bond donors (Lipinski definition) is 0. The number of halogens is 1. The molecule has 0 saturated carbocycles. The molecule has 1 aliphatic heterocycles. The summed E-state index contributed by atoms with van der Waals surface area (Å²) in [6.45, 7) is 0.660. The van der Waals surface area contributed by atoms with Crippen molar-refractivity contribution in [3.8, 4) is 0 Å². The number of carbonyl (C=O) groups excluding carboxylic acids is 1. The standard InChI is InChI=1S/C12H14FNO2/c1-14-7-6-9(12(15)16-2)8-4-3-5-10(13)11(8)14/h3-5,9H,6-7H2,1-2H3. The number of para-hydroxylation sites is 1. The first-order valence-corrected chi connectivity index (χ1v) is 5.22. The van der Waals surface area contributed by atoms with Crippen LogP contribution in [-0.2, 0) is 9.53 Å². The van der Waals surface area contributed by atoms with Gasteiger partial charge in [-0.15, -0.1) is 0 Å². The maximum absolute atomic E-state index is 13.7. The fourth-order valence-electron chi connectivity index (χ4n) is 2.19. The minimum absolute atomic E-state index is 0.284. The fraction of sp³-hybridized carbons (Fsp3) is 0.417. The Kier molecular flexibility index (Phi) is 2.81. The molecular weight excluding hydrogens is 209 g/mol. The highest BCUT2D eigenvalue weighted by Crippen LogP contribution is 2.36. The van der Waals surface area contributed by atoms with Crippen LogP contribution in [0.3, 0.4) is 0 Å². The van der Waals surface area contributed by atoms with E-state index in [4.69, 9.17) is 4.74 Å². The number of ether oxygens (including phenoxy) is 1. The van der Waals surface area contributed by atoms with E-state index in [0.717, 1.165) is 5.56 Å². The Labute approximate surface area is 93.8 Å². The molecule has 0 fully saturated rings. The molecule has 0 radical (unpaired) electrons. The van der Waals surface area contributed by atoms with Crippen molar-refractivity contribution in [2.45, 2.75) is 12.3 Å². The second-order valence-corrected chi connectivity index (χ2v) is 3.96. The molecule has 4 heteroatoms. The van der Waals surface area contributed by atoms with Crippen molar-refractivity contribution in [1.82, 2.24) is 0 Å². The molecule has 1 heterocycles. The van der Waals surface area contributed by atoms with E-state index < -0.39 is 0 Å². The zero-order chi connectivity index (χ0) is 11.7. The molecule has 1 aromatic carbocycles. The van der Waals surface area contributed by atoms with Gasteiger partial charge in [-0.1, -0.05) is 12.1 Å². The first-order valence-electron chi connectivity index (χ1n) is 5.22. The topological polar surface area (TPSA) is 29.5 Å². The average molecular weight is 223 g/mol. The molecule has 0 aliphatic carbocycles. The van der Waals surface area contributed by atoms with Crippen LogP contribution in [0.15, 0.2) is 18.2 Å². The summed E-state index contributed by atoms with van der Waals surface area (Å²) in [5, 5.41) is 0. The van der Waals surface area contributed by atoms with Gasteiger partial charge >= 0.3 is 5.97 Å². The second-order valence-electron chi connectivity index (χ2n) is 3.96. The van der Waals surface area contributed by atoms with Crippen molar-refractivity contribution in [3.05, 3.63) is 29.6 Å². The number of rotatable bonds is 1. The summed E-state index contributed by atoms with van der Waals surface area (Å²) in [7, 11) is 3.19. The zero-order valence-corrected chi connectivity index (χ0v) is 9.37. The number of anilines is 1. The Balaban J connectivity index is 2.48. The molecule has 2 rings (SSSR count). The van der Waals surface area contributed by atoms with Gasteiger partial charge in [0.15, 0.2) is 0 Å². The maximum Gasteiger partial charge on any atom is 0.313 e. The molecule has 1 unspecified atom stereocenters. The number of carbonyl (C=O) groups is 1. The summed E-state index contributed by atoms with van der Waals surface area (Å²) in [5.41, 5.74) is 1.24. The molecule has 1 aliphatic rings. The average Bonchev–Trinajstić information content (AvgIpc) is 2.28. The van der Waals surface area contributed by atoms with E-state index >= 15 is 0 Å². The SMILES string of the molecule is COC(=O)C1CCN(C)c2c(F)cccc21. The minimum Gasteiger partial charge on any atom is -0.469 e. The molecule has 1 aromatic rings. The number of nitrogens with zero attached hydrogens (tertiary/aromatic N) is 1. The summed E-state index contributed by atoms with van der Waals surface area (Å²) in [4.78, 5) is 13.4. The van der Waals surface area contributed by atoms with Gasteiger partial charge in [-0.3, -0.25) is 4.79 Å². The summed E-state index contributed by atoms with van der Waals surface area (Å²) < 4.78 is 18.4. The van der Waals surface area contributed by atoms with Gasteiger partial charge in [0.2, 0.25) is 0 Å². The lowest BCUT2D eigenvalue weighted by Crippen LogP contribution is -2.31. The molecule has 0 amide bonds. The molecule has 0 bridgehead atoms. The minimum atomic E-state index is -0.341. The van der Waals surface area contributed by atoms with Gasteiger partial charge in [0.05, 0.1) is 18.7 Å². The van der Waals surface area contributed by atoms with Gasteiger partial charge in [0.1, 0.15) is 5.82 Å². The van der Waals surface area contributed by atoms with Crippen molar-refractivity contribution in [3.63, 3.8) is 0 Å². The number of hydrogen-bond acceptors (Lipinski definition) is 3. The zero-order valence-electron chi connectivity index (χ0n) is 9.37. The van der Waals surface area contributed by atoms with Crippen LogP contribution in [0.1, 0.15) is 17.9 Å². The largest absolute Gasteiger partial charge is 0.469 e. The monoisotopic (exact) mass is 223 g/mol. The maximum atomic E-state index is 13.7. The van der Waals surface area contributed by atoms with Crippen LogP contribution in [0.2, 0.25) is 0 Å². The van der Waals surface area contributed by atoms with Crippen molar-refractivity contribution in [2.24, 2.45) is 0 Å². The lowest BCUT2D eigenvalue weighted by molar-refractivity contribution is -0.142. The molecule has 1 atom stereocenters. The predicted molar refractivity (Wildman–Crippen MR) is 59.0 cm³/mol. The van der Waals surface area contributed by atoms with E-state index in [0.29, 0.717) is 18.7 Å². The normalized spacial score (nSPS) is 19.2. The Morgan fingerprint density at radius 2 is 2.31 bits per heavy atom. The van der Waals surface area contributed by atoms with E-state index in [9.17, 15) is 9.18 Å². The first-order chi connectivity index (χ1) is 7.65. The van der Waals surface area contributed by atoms with Crippen LogP contribution < -0.4 is 4.90 Å². The summed E-state index contributed by atoms with van der Waals surface area (Å²) in [5.74, 6) is -0.916. The molecule has 0 aromatic heterocycles. The second kappa shape index (κ2) is 4.12. The van der Waals surface area contributed by atoms with Crippen LogP contribution in [0.5, 0.6) is 0 Å². The van der Waals surface area contributed by atoms with Crippen LogP contribution in [0, 0.1) is 5.82 Å². The fourth-order valence-corrected chi connectivity index (χ4v) is 2.19. The van der Waals surface area contributed by atoms with E-state index in [1.807, 2.05) is 11.9 Å². The van der Waals surface area contributed by atoms with Crippen molar-refractivity contribution >= 4 is 11.7 Å². The predicted octanol–water partition coefficient (Wildman–Crippen LogP) is 1.92. The Bertz CT molecular complexity index is 419. The molecule has 0 spiro atoms. The lowest BCUT2D eigenvalue weighted by atomic mass is 9.90. The summed E-state index contributed by atoms with van der Waals surface area (Å²) >= 11 is 0. The van der Waals surface area contributed by atoms with Crippen molar-refractivity contribution in [2.75, 3.05) is 25.6 Å². The Morgan fingerprint density at radius 1 is 1.56 bits per heavy atom. The third-order valence-electron chi connectivity index (χ3n) is 3.01. The molecule has 0 N–H and O–H groups in total. The van der Waals surface area contributed by atoms with E-state index in [-0.39, 0.29) is 17.7 Å².